The van der Waals surface area contributed by atoms with Crippen LogP contribution in [-0.4, -0.2) is 17.7 Å². The molecule has 0 fully saturated rings. The summed E-state index contributed by atoms with van der Waals surface area (Å²) < 4.78 is 6.60. The Balaban J connectivity index is 2.56. The molecular formula is C11H9BrO3S. The quantitative estimate of drug-likeness (QED) is 0.863. The van der Waals surface area contributed by atoms with E-state index in [1.807, 2.05) is 12.1 Å². The topological polar surface area (TPSA) is 46.5 Å². The predicted octanol–water partition coefficient (Wildman–Crippen LogP) is 3.55. The molecule has 16 heavy (non-hydrogen) atoms. The Kier molecular flexibility index (Phi) is 3.16. The molecule has 3 nitrogen and oxygen atoms in total. The highest BCUT2D eigenvalue weighted by Gasteiger charge is 2.18. The van der Waals surface area contributed by atoms with E-state index in [1.165, 1.54) is 11.3 Å². The smallest absolute Gasteiger partial charge is 0.352 e. The van der Waals surface area contributed by atoms with Gasteiger partial charge in [0.1, 0.15) is 5.75 Å². The second-order valence-electron chi connectivity index (χ2n) is 3.14. The number of hydrogen-bond donors (Lipinski definition) is 1. The lowest BCUT2D eigenvalue weighted by Gasteiger charge is -1.98. The average molecular weight is 301 g/mol. The van der Waals surface area contributed by atoms with Crippen molar-refractivity contribution < 1.29 is 14.6 Å². The van der Waals surface area contributed by atoms with E-state index in [0.29, 0.717) is 12.0 Å². The van der Waals surface area contributed by atoms with Crippen molar-refractivity contribution in [1.82, 2.24) is 0 Å². The van der Waals surface area contributed by atoms with Crippen LogP contribution in [-0.2, 0) is 4.74 Å². The lowest BCUT2D eigenvalue weighted by molar-refractivity contribution is 0.0529. The van der Waals surface area contributed by atoms with Gasteiger partial charge in [-0.2, -0.15) is 0 Å². The first-order chi connectivity index (χ1) is 7.63. The van der Waals surface area contributed by atoms with Gasteiger partial charge in [-0.1, -0.05) is 15.9 Å². The predicted molar refractivity (Wildman–Crippen MR) is 67.1 cm³/mol. The molecule has 1 aromatic heterocycles. The van der Waals surface area contributed by atoms with Crippen LogP contribution in [0.25, 0.3) is 10.1 Å². The molecule has 2 rings (SSSR count). The van der Waals surface area contributed by atoms with Gasteiger partial charge in [0, 0.05) is 14.6 Å². The molecule has 0 saturated carbocycles. The zero-order valence-electron chi connectivity index (χ0n) is 8.49. The molecule has 1 heterocycles. The molecule has 84 valence electrons. The molecule has 2 aromatic rings. The summed E-state index contributed by atoms with van der Waals surface area (Å²) in [6.45, 7) is 2.04. The van der Waals surface area contributed by atoms with E-state index in [2.05, 4.69) is 15.9 Å². The number of benzene rings is 1. The fourth-order valence-electron chi connectivity index (χ4n) is 1.39. The second kappa shape index (κ2) is 4.43. The molecule has 1 N–H and O–H groups in total. The van der Waals surface area contributed by atoms with Crippen LogP contribution in [0, 0.1) is 0 Å². The molecular weight excluding hydrogens is 292 g/mol. The van der Waals surface area contributed by atoms with Crippen molar-refractivity contribution in [2.45, 2.75) is 6.92 Å². The van der Waals surface area contributed by atoms with Gasteiger partial charge in [0.05, 0.1) is 6.61 Å². The Labute approximate surface area is 105 Å². The molecule has 0 radical (unpaired) electrons. The Morgan fingerprint density at radius 2 is 2.31 bits per heavy atom. The van der Waals surface area contributed by atoms with Crippen molar-refractivity contribution in [2.75, 3.05) is 6.61 Å². The zero-order chi connectivity index (χ0) is 11.7. The van der Waals surface area contributed by atoms with Crippen molar-refractivity contribution in [3.63, 3.8) is 0 Å². The molecule has 0 aliphatic carbocycles. The molecule has 1 aromatic carbocycles. The highest BCUT2D eigenvalue weighted by molar-refractivity contribution is 9.10. The maximum Gasteiger partial charge on any atom is 0.352 e. The maximum atomic E-state index is 11.5. The summed E-state index contributed by atoms with van der Waals surface area (Å²) >= 11 is 4.56. The second-order valence-corrected chi connectivity index (χ2v) is 5.11. The normalized spacial score (nSPS) is 10.6. The van der Waals surface area contributed by atoms with Crippen molar-refractivity contribution in [3.05, 3.63) is 27.5 Å². The van der Waals surface area contributed by atoms with E-state index in [4.69, 9.17) is 4.74 Å². The van der Waals surface area contributed by atoms with Crippen molar-refractivity contribution >= 4 is 43.3 Å². The van der Waals surface area contributed by atoms with Crippen LogP contribution in [0.3, 0.4) is 0 Å². The lowest BCUT2D eigenvalue weighted by atomic mass is 10.2. The number of halogens is 1. The fraction of sp³-hybridized carbons (Fsp3) is 0.182. The summed E-state index contributed by atoms with van der Waals surface area (Å²) in [7, 11) is 0. The highest BCUT2D eigenvalue weighted by Crippen LogP contribution is 2.38. The number of carbonyl (C=O) groups is 1. The van der Waals surface area contributed by atoms with Crippen LogP contribution in [0.2, 0.25) is 0 Å². The summed E-state index contributed by atoms with van der Waals surface area (Å²) in [5, 5.41) is 10.6. The fourth-order valence-corrected chi connectivity index (χ4v) is 2.72. The Morgan fingerprint density at radius 3 is 3.00 bits per heavy atom. The van der Waals surface area contributed by atoms with Gasteiger partial charge in [-0.05, 0) is 25.1 Å². The molecule has 0 amide bonds. The summed E-state index contributed by atoms with van der Waals surface area (Å²) in [6.07, 6.45) is 0. The standard InChI is InChI=1S/C11H9BrO3S/c1-2-15-11(14)10-9(13)7-5-6(12)3-4-8(7)16-10/h3-5,13H,2H2,1H3. The summed E-state index contributed by atoms with van der Waals surface area (Å²) in [4.78, 5) is 11.8. The molecule has 0 unspecified atom stereocenters. The largest absolute Gasteiger partial charge is 0.505 e. The SMILES string of the molecule is CCOC(=O)c1sc2ccc(Br)cc2c1O. The van der Waals surface area contributed by atoms with Crippen LogP contribution in [0.5, 0.6) is 5.75 Å². The van der Waals surface area contributed by atoms with Gasteiger partial charge in [-0.15, -0.1) is 11.3 Å². The summed E-state index contributed by atoms with van der Waals surface area (Å²) in [5.74, 6) is -0.475. The van der Waals surface area contributed by atoms with Crippen LogP contribution in [0.15, 0.2) is 22.7 Å². The third kappa shape index (κ3) is 1.92. The summed E-state index contributed by atoms with van der Waals surface area (Å²) in [6, 6.07) is 5.50. The number of carbonyl (C=O) groups excluding carboxylic acids is 1. The number of esters is 1. The monoisotopic (exact) mass is 300 g/mol. The van der Waals surface area contributed by atoms with Crippen molar-refractivity contribution in [2.24, 2.45) is 0 Å². The molecule has 0 aliphatic heterocycles. The number of ether oxygens (including phenoxy) is 1. The van der Waals surface area contributed by atoms with Crippen LogP contribution in [0.1, 0.15) is 16.6 Å². The average Bonchev–Trinajstić information content (AvgIpc) is 2.57. The molecule has 0 spiro atoms. The number of hydrogen-bond acceptors (Lipinski definition) is 4. The Morgan fingerprint density at radius 1 is 1.56 bits per heavy atom. The minimum absolute atomic E-state index is 0.000231. The number of aromatic hydroxyl groups is 1. The van der Waals surface area contributed by atoms with Gasteiger partial charge in [0.25, 0.3) is 0 Å². The number of fused-ring (bicyclic) bond motifs is 1. The van der Waals surface area contributed by atoms with Crippen molar-refractivity contribution in [3.8, 4) is 5.75 Å². The van der Waals surface area contributed by atoms with Gasteiger partial charge >= 0.3 is 5.97 Å². The van der Waals surface area contributed by atoms with Gasteiger partial charge < -0.3 is 9.84 Å². The third-order valence-corrected chi connectivity index (χ3v) is 3.72. The molecule has 0 aliphatic rings. The molecule has 0 bridgehead atoms. The van der Waals surface area contributed by atoms with E-state index >= 15 is 0 Å². The van der Waals surface area contributed by atoms with Gasteiger partial charge in [-0.25, -0.2) is 4.79 Å². The Hall–Kier alpha value is -1.07. The van der Waals surface area contributed by atoms with Crippen LogP contribution >= 0.6 is 27.3 Å². The Bertz CT molecular complexity index is 547. The van der Waals surface area contributed by atoms with E-state index < -0.39 is 5.97 Å². The maximum absolute atomic E-state index is 11.5. The first-order valence-electron chi connectivity index (χ1n) is 4.71. The minimum atomic E-state index is -0.475. The van der Waals surface area contributed by atoms with E-state index in [0.717, 1.165) is 9.17 Å². The van der Waals surface area contributed by atoms with Gasteiger partial charge in [0.2, 0.25) is 0 Å². The van der Waals surface area contributed by atoms with Crippen molar-refractivity contribution in [1.29, 1.82) is 0 Å². The summed E-state index contributed by atoms with van der Waals surface area (Å²) in [5.41, 5.74) is 0. The van der Waals surface area contributed by atoms with Gasteiger partial charge in [0.15, 0.2) is 4.88 Å². The van der Waals surface area contributed by atoms with E-state index in [9.17, 15) is 9.90 Å². The van der Waals surface area contributed by atoms with Crippen LogP contribution < -0.4 is 0 Å². The first-order valence-corrected chi connectivity index (χ1v) is 6.32. The lowest BCUT2D eigenvalue weighted by Crippen LogP contribution is -2.01. The molecule has 0 atom stereocenters. The minimum Gasteiger partial charge on any atom is -0.505 e. The van der Waals surface area contributed by atoms with Gasteiger partial charge in [-0.3, -0.25) is 0 Å². The van der Waals surface area contributed by atoms with E-state index in [-0.39, 0.29) is 10.6 Å². The number of thiophene rings is 1. The zero-order valence-corrected chi connectivity index (χ0v) is 10.9. The molecule has 0 saturated heterocycles. The van der Waals surface area contributed by atoms with Crippen LogP contribution in [0.4, 0.5) is 0 Å². The third-order valence-electron chi connectivity index (χ3n) is 2.08. The highest BCUT2D eigenvalue weighted by atomic mass is 79.9. The molecule has 5 heteroatoms. The van der Waals surface area contributed by atoms with E-state index in [1.54, 1.807) is 13.0 Å². The number of rotatable bonds is 2. The first kappa shape index (κ1) is 11.4.